The quantitative estimate of drug-likeness (QED) is 0.379. The van der Waals surface area contributed by atoms with Gasteiger partial charge in [-0.15, -0.1) is 0 Å². The molecule has 0 fully saturated rings. The van der Waals surface area contributed by atoms with E-state index in [1.807, 2.05) is 6.92 Å². The minimum absolute atomic E-state index is 0.00915. The monoisotopic (exact) mass is 315 g/mol. The minimum atomic E-state index is -0.374. The Bertz CT molecular complexity index is 210. The third kappa shape index (κ3) is 14.8. The molecule has 0 aliphatic carbocycles. The number of rotatable bonds is 17. The molecule has 2 atom stereocenters. The van der Waals surface area contributed by atoms with Crippen molar-refractivity contribution in [1.29, 1.82) is 0 Å². The molecular weight excluding hydrogens is 274 g/mol. The first-order valence-electron chi connectivity index (χ1n) is 9.72. The van der Waals surface area contributed by atoms with Gasteiger partial charge < -0.3 is 15.6 Å². The Balaban J connectivity index is 3.34. The van der Waals surface area contributed by atoms with Crippen LogP contribution in [0.1, 0.15) is 97.3 Å². The second-order valence-electron chi connectivity index (χ2n) is 6.62. The molecule has 2 unspecified atom stereocenters. The maximum absolute atomic E-state index is 9.72. The fourth-order valence-electron chi connectivity index (χ4n) is 2.78. The van der Waals surface area contributed by atoms with Crippen LogP contribution in [-0.2, 0) is 4.74 Å². The van der Waals surface area contributed by atoms with Crippen LogP contribution in [0, 0.1) is 0 Å². The van der Waals surface area contributed by atoms with Gasteiger partial charge in [0.15, 0.2) is 0 Å². The van der Waals surface area contributed by atoms with Gasteiger partial charge in [-0.25, -0.2) is 0 Å². The summed E-state index contributed by atoms with van der Waals surface area (Å²) in [5.41, 5.74) is 5.50. The number of aliphatic hydroxyl groups excluding tert-OH is 1. The molecule has 22 heavy (non-hydrogen) atoms. The molecule has 0 saturated heterocycles. The molecule has 3 nitrogen and oxygen atoms in total. The van der Waals surface area contributed by atoms with Crippen molar-refractivity contribution in [2.24, 2.45) is 5.73 Å². The maximum atomic E-state index is 9.72. The van der Waals surface area contributed by atoms with E-state index in [2.05, 4.69) is 6.92 Å². The summed E-state index contributed by atoms with van der Waals surface area (Å²) in [5, 5.41) is 9.72. The van der Waals surface area contributed by atoms with Crippen molar-refractivity contribution in [2.45, 2.75) is 110 Å². The smallest absolute Gasteiger partial charge is 0.0831 e. The van der Waals surface area contributed by atoms with Crippen molar-refractivity contribution in [3.05, 3.63) is 0 Å². The van der Waals surface area contributed by atoms with Crippen molar-refractivity contribution in [3.63, 3.8) is 0 Å². The van der Waals surface area contributed by atoms with Gasteiger partial charge in [0.25, 0.3) is 0 Å². The second kappa shape index (κ2) is 17.2. The highest BCUT2D eigenvalue weighted by Crippen LogP contribution is 2.12. The van der Waals surface area contributed by atoms with Crippen LogP contribution in [0.3, 0.4) is 0 Å². The van der Waals surface area contributed by atoms with Gasteiger partial charge in [-0.3, -0.25) is 0 Å². The average Bonchev–Trinajstić information content (AvgIpc) is 2.50. The molecular formula is C19H41NO2. The van der Waals surface area contributed by atoms with Crippen molar-refractivity contribution >= 4 is 0 Å². The first-order chi connectivity index (χ1) is 10.7. The maximum Gasteiger partial charge on any atom is 0.0831 e. The van der Waals surface area contributed by atoms with Crippen molar-refractivity contribution in [2.75, 3.05) is 13.2 Å². The van der Waals surface area contributed by atoms with E-state index in [0.717, 1.165) is 38.8 Å². The summed E-state index contributed by atoms with van der Waals surface area (Å²) >= 11 is 0. The number of hydrogen-bond donors (Lipinski definition) is 2. The molecule has 0 aromatic heterocycles. The van der Waals surface area contributed by atoms with Gasteiger partial charge in [0.1, 0.15) is 0 Å². The summed E-state index contributed by atoms with van der Waals surface area (Å²) in [6.07, 6.45) is 16.0. The number of unbranched alkanes of at least 4 members (excludes halogenated alkanes) is 10. The first-order valence-corrected chi connectivity index (χ1v) is 9.72. The Morgan fingerprint density at radius 3 is 1.86 bits per heavy atom. The molecule has 0 aliphatic heterocycles. The van der Waals surface area contributed by atoms with E-state index in [0.29, 0.717) is 0 Å². The zero-order chi connectivity index (χ0) is 16.5. The van der Waals surface area contributed by atoms with E-state index in [1.54, 1.807) is 0 Å². The Labute approximate surface area is 139 Å². The molecule has 3 N–H and O–H groups in total. The Morgan fingerprint density at radius 2 is 1.36 bits per heavy atom. The predicted octanol–water partition coefficient (Wildman–Crippen LogP) is 4.80. The standard InChI is InChI=1S/C19H41NO2/c1-3-4-5-6-7-8-9-10-11-14-17-22-19(18(2)21)15-12-13-16-20/h18-19,21H,3-17,20H2,1-2H3. The van der Waals surface area contributed by atoms with E-state index < -0.39 is 0 Å². The van der Waals surface area contributed by atoms with Crippen molar-refractivity contribution in [3.8, 4) is 0 Å². The minimum Gasteiger partial charge on any atom is -0.391 e. The van der Waals surface area contributed by atoms with Gasteiger partial charge in [0, 0.05) is 6.61 Å². The summed E-state index contributed by atoms with van der Waals surface area (Å²) in [4.78, 5) is 0. The average molecular weight is 316 g/mol. The van der Waals surface area contributed by atoms with Gasteiger partial charge in [-0.1, -0.05) is 64.7 Å². The number of hydrogen-bond acceptors (Lipinski definition) is 3. The van der Waals surface area contributed by atoms with Crippen LogP contribution in [0.25, 0.3) is 0 Å². The lowest BCUT2D eigenvalue weighted by Crippen LogP contribution is -2.27. The van der Waals surface area contributed by atoms with Crippen LogP contribution in [0.15, 0.2) is 0 Å². The Morgan fingerprint density at radius 1 is 0.818 bits per heavy atom. The number of nitrogens with two attached hydrogens (primary N) is 1. The number of ether oxygens (including phenoxy) is 1. The van der Waals surface area contributed by atoms with Crippen LogP contribution >= 0.6 is 0 Å². The molecule has 134 valence electrons. The molecule has 0 aliphatic rings. The van der Waals surface area contributed by atoms with E-state index in [9.17, 15) is 5.11 Å². The fraction of sp³-hybridized carbons (Fsp3) is 1.00. The molecule has 0 radical (unpaired) electrons. The van der Waals surface area contributed by atoms with Crippen molar-refractivity contribution < 1.29 is 9.84 Å². The summed E-state index contributed by atoms with van der Waals surface area (Å²) in [5.74, 6) is 0. The third-order valence-electron chi connectivity index (χ3n) is 4.31. The summed E-state index contributed by atoms with van der Waals surface area (Å²) < 4.78 is 5.83. The lowest BCUT2D eigenvalue weighted by molar-refractivity contribution is -0.0356. The van der Waals surface area contributed by atoms with E-state index in [4.69, 9.17) is 10.5 Å². The van der Waals surface area contributed by atoms with E-state index >= 15 is 0 Å². The van der Waals surface area contributed by atoms with Gasteiger partial charge in [0.05, 0.1) is 12.2 Å². The van der Waals surface area contributed by atoms with Gasteiger partial charge in [-0.05, 0) is 39.2 Å². The summed E-state index contributed by atoms with van der Waals surface area (Å²) in [6, 6.07) is 0. The van der Waals surface area contributed by atoms with Gasteiger partial charge in [0.2, 0.25) is 0 Å². The van der Waals surface area contributed by atoms with E-state index in [-0.39, 0.29) is 12.2 Å². The lowest BCUT2D eigenvalue weighted by atomic mass is 10.1. The van der Waals surface area contributed by atoms with Gasteiger partial charge in [-0.2, -0.15) is 0 Å². The molecule has 0 saturated carbocycles. The molecule has 0 rings (SSSR count). The largest absolute Gasteiger partial charge is 0.391 e. The molecule has 0 aromatic carbocycles. The lowest BCUT2D eigenvalue weighted by Gasteiger charge is -2.20. The highest BCUT2D eigenvalue weighted by Gasteiger charge is 2.14. The Kier molecular flexibility index (Phi) is 17.1. The van der Waals surface area contributed by atoms with Gasteiger partial charge >= 0.3 is 0 Å². The zero-order valence-electron chi connectivity index (χ0n) is 15.2. The fourth-order valence-corrected chi connectivity index (χ4v) is 2.78. The number of aliphatic hydroxyl groups is 1. The molecule has 0 amide bonds. The predicted molar refractivity (Wildman–Crippen MR) is 96.2 cm³/mol. The van der Waals surface area contributed by atoms with Crippen LogP contribution in [0.5, 0.6) is 0 Å². The van der Waals surface area contributed by atoms with Crippen molar-refractivity contribution in [1.82, 2.24) is 0 Å². The SMILES string of the molecule is CCCCCCCCCCCCOC(CCCCN)C(C)O. The highest BCUT2D eigenvalue weighted by atomic mass is 16.5. The topological polar surface area (TPSA) is 55.5 Å². The van der Waals surface area contributed by atoms with Crippen LogP contribution in [0.4, 0.5) is 0 Å². The molecule has 0 aromatic rings. The van der Waals surface area contributed by atoms with E-state index in [1.165, 1.54) is 57.8 Å². The zero-order valence-corrected chi connectivity index (χ0v) is 15.2. The third-order valence-corrected chi connectivity index (χ3v) is 4.31. The Hall–Kier alpha value is -0.120. The summed E-state index contributed by atoms with van der Waals surface area (Å²) in [6.45, 7) is 5.60. The highest BCUT2D eigenvalue weighted by molar-refractivity contribution is 4.65. The second-order valence-corrected chi connectivity index (χ2v) is 6.62. The van der Waals surface area contributed by atoms with Crippen LogP contribution < -0.4 is 5.73 Å². The molecule has 3 heteroatoms. The van der Waals surface area contributed by atoms with Crippen LogP contribution in [0.2, 0.25) is 0 Å². The molecule has 0 spiro atoms. The van der Waals surface area contributed by atoms with Crippen LogP contribution in [-0.4, -0.2) is 30.5 Å². The first kappa shape index (κ1) is 21.9. The molecule has 0 bridgehead atoms. The molecule has 0 heterocycles. The normalized spacial score (nSPS) is 14.2. The summed E-state index contributed by atoms with van der Waals surface area (Å²) in [7, 11) is 0.